The molecule has 4 heterocycles. The highest BCUT2D eigenvalue weighted by Crippen LogP contribution is 2.28. The molecule has 0 unspecified atom stereocenters. The van der Waals surface area contributed by atoms with Crippen LogP contribution in [0.15, 0.2) is 12.3 Å². The van der Waals surface area contributed by atoms with Crippen LogP contribution in [0.3, 0.4) is 0 Å². The number of hydrogen-bond acceptors (Lipinski definition) is 5. The van der Waals surface area contributed by atoms with Crippen LogP contribution >= 0.6 is 0 Å². The predicted octanol–water partition coefficient (Wildman–Crippen LogP) is 0.610. The SMILES string of the molecule is CCn1c(N)nc2cc(C(=O)N3[C@@H]4CC[C@H]3CNC4)cnc21. The summed E-state index contributed by atoms with van der Waals surface area (Å²) < 4.78 is 1.85. The number of amides is 1. The first kappa shape index (κ1) is 13.5. The number of aryl methyl sites for hydroxylation is 1. The fourth-order valence-electron chi connectivity index (χ4n) is 3.72. The lowest BCUT2D eigenvalue weighted by Gasteiger charge is -2.35. The molecule has 2 atom stereocenters. The molecule has 2 aromatic heterocycles. The molecule has 0 aliphatic carbocycles. The van der Waals surface area contributed by atoms with Crippen molar-refractivity contribution in [2.75, 3.05) is 18.8 Å². The number of nitrogens with one attached hydrogen (secondary N) is 1. The molecular formula is C15H20N6O. The molecule has 7 heteroatoms. The molecule has 4 rings (SSSR count). The van der Waals surface area contributed by atoms with Gasteiger partial charge in [-0.25, -0.2) is 9.97 Å². The zero-order chi connectivity index (χ0) is 15.3. The van der Waals surface area contributed by atoms with Gasteiger partial charge in [0.2, 0.25) is 5.95 Å². The summed E-state index contributed by atoms with van der Waals surface area (Å²) in [6.45, 7) is 4.48. The Hall–Kier alpha value is -2.15. The van der Waals surface area contributed by atoms with Gasteiger partial charge in [-0.3, -0.25) is 9.36 Å². The summed E-state index contributed by atoms with van der Waals surface area (Å²) >= 11 is 0. The van der Waals surface area contributed by atoms with Crippen molar-refractivity contribution in [2.24, 2.45) is 0 Å². The van der Waals surface area contributed by atoms with Crippen LogP contribution in [0.1, 0.15) is 30.1 Å². The van der Waals surface area contributed by atoms with Gasteiger partial charge < -0.3 is 16.0 Å². The molecule has 0 radical (unpaired) electrons. The Morgan fingerprint density at radius 3 is 2.82 bits per heavy atom. The second-order valence-electron chi connectivity index (χ2n) is 6.04. The lowest BCUT2D eigenvalue weighted by Crippen LogP contribution is -2.54. The number of nitrogen functional groups attached to an aromatic ring is 1. The highest BCUT2D eigenvalue weighted by Gasteiger charge is 2.39. The number of anilines is 1. The lowest BCUT2D eigenvalue weighted by molar-refractivity contribution is 0.0619. The van der Waals surface area contributed by atoms with E-state index in [2.05, 4.69) is 15.3 Å². The van der Waals surface area contributed by atoms with Crippen molar-refractivity contribution in [2.45, 2.75) is 38.4 Å². The molecule has 0 aromatic carbocycles. The van der Waals surface area contributed by atoms with Crippen molar-refractivity contribution < 1.29 is 4.79 Å². The average molecular weight is 300 g/mol. The molecule has 22 heavy (non-hydrogen) atoms. The van der Waals surface area contributed by atoms with E-state index in [1.807, 2.05) is 22.5 Å². The summed E-state index contributed by atoms with van der Waals surface area (Å²) in [6.07, 6.45) is 3.81. The number of nitrogens with two attached hydrogens (primary N) is 1. The molecule has 2 aliphatic rings. The molecule has 3 N–H and O–H groups in total. The van der Waals surface area contributed by atoms with Crippen LogP contribution in [-0.4, -0.2) is 50.5 Å². The van der Waals surface area contributed by atoms with E-state index in [1.165, 1.54) is 0 Å². The maximum Gasteiger partial charge on any atom is 0.256 e. The maximum absolute atomic E-state index is 12.9. The quantitative estimate of drug-likeness (QED) is 0.848. The van der Waals surface area contributed by atoms with E-state index in [0.29, 0.717) is 35.7 Å². The van der Waals surface area contributed by atoms with Crippen LogP contribution in [0.5, 0.6) is 0 Å². The van der Waals surface area contributed by atoms with Crippen molar-refractivity contribution in [3.8, 4) is 0 Å². The van der Waals surface area contributed by atoms with Gasteiger partial charge in [-0.15, -0.1) is 0 Å². The predicted molar refractivity (Wildman–Crippen MR) is 83.5 cm³/mol. The van der Waals surface area contributed by atoms with Crippen molar-refractivity contribution >= 4 is 23.0 Å². The molecule has 116 valence electrons. The highest BCUT2D eigenvalue weighted by atomic mass is 16.2. The van der Waals surface area contributed by atoms with E-state index in [1.54, 1.807) is 6.20 Å². The van der Waals surface area contributed by atoms with E-state index in [-0.39, 0.29) is 5.91 Å². The van der Waals surface area contributed by atoms with E-state index in [0.717, 1.165) is 31.6 Å². The Bertz CT molecular complexity index is 723. The fraction of sp³-hybridized carbons (Fsp3) is 0.533. The van der Waals surface area contributed by atoms with Gasteiger partial charge in [0.05, 0.1) is 5.56 Å². The summed E-state index contributed by atoms with van der Waals surface area (Å²) in [5, 5.41) is 3.39. The molecule has 2 aromatic rings. The van der Waals surface area contributed by atoms with E-state index in [4.69, 9.17) is 5.73 Å². The smallest absolute Gasteiger partial charge is 0.256 e. The number of carbonyl (C=O) groups is 1. The van der Waals surface area contributed by atoms with Crippen molar-refractivity contribution in [3.63, 3.8) is 0 Å². The maximum atomic E-state index is 12.9. The van der Waals surface area contributed by atoms with Crippen LogP contribution in [-0.2, 0) is 6.54 Å². The first-order valence-corrected chi connectivity index (χ1v) is 7.84. The number of nitrogens with zero attached hydrogens (tertiary/aromatic N) is 4. The Morgan fingerprint density at radius 2 is 2.14 bits per heavy atom. The molecule has 1 amide bonds. The second kappa shape index (κ2) is 4.95. The van der Waals surface area contributed by atoms with Gasteiger partial charge in [-0.1, -0.05) is 0 Å². The Labute approximate surface area is 128 Å². The van der Waals surface area contributed by atoms with Crippen LogP contribution in [0.2, 0.25) is 0 Å². The zero-order valence-electron chi connectivity index (χ0n) is 12.6. The number of carbonyl (C=O) groups excluding carboxylic acids is 1. The average Bonchev–Trinajstić information content (AvgIpc) is 2.97. The Kier molecular flexibility index (Phi) is 3.04. The van der Waals surface area contributed by atoms with E-state index >= 15 is 0 Å². The lowest BCUT2D eigenvalue weighted by atomic mass is 10.1. The molecule has 0 saturated carbocycles. The third-order valence-electron chi connectivity index (χ3n) is 4.79. The van der Waals surface area contributed by atoms with Crippen LogP contribution < -0.4 is 11.1 Å². The number of imidazole rings is 1. The molecule has 2 saturated heterocycles. The highest BCUT2D eigenvalue weighted by molar-refractivity contribution is 5.97. The first-order chi connectivity index (χ1) is 10.7. The van der Waals surface area contributed by atoms with E-state index < -0.39 is 0 Å². The number of fused-ring (bicyclic) bond motifs is 3. The summed E-state index contributed by atoms with van der Waals surface area (Å²) in [6, 6.07) is 2.43. The van der Waals surface area contributed by atoms with Gasteiger partial charge in [-0.2, -0.15) is 0 Å². The van der Waals surface area contributed by atoms with Gasteiger partial charge in [0.15, 0.2) is 5.65 Å². The number of hydrogen-bond donors (Lipinski definition) is 2. The monoisotopic (exact) mass is 300 g/mol. The normalized spacial score (nSPS) is 24.1. The molecule has 0 spiro atoms. The van der Waals surface area contributed by atoms with Crippen LogP contribution in [0.4, 0.5) is 5.95 Å². The number of piperazine rings is 1. The van der Waals surface area contributed by atoms with Crippen molar-refractivity contribution in [1.29, 1.82) is 0 Å². The van der Waals surface area contributed by atoms with E-state index in [9.17, 15) is 4.79 Å². The topological polar surface area (TPSA) is 89.1 Å². The number of pyridine rings is 1. The fourth-order valence-corrected chi connectivity index (χ4v) is 3.72. The van der Waals surface area contributed by atoms with Crippen LogP contribution in [0, 0.1) is 0 Å². The molecule has 2 fully saturated rings. The summed E-state index contributed by atoms with van der Waals surface area (Å²) in [7, 11) is 0. The minimum atomic E-state index is 0.0630. The third kappa shape index (κ3) is 1.89. The largest absolute Gasteiger partial charge is 0.369 e. The summed E-state index contributed by atoms with van der Waals surface area (Å²) in [5.74, 6) is 0.505. The summed E-state index contributed by atoms with van der Waals surface area (Å²) in [5.41, 5.74) is 7.92. The van der Waals surface area contributed by atoms with Gasteiger partial charge in [0.1, 0.15) is 5.52 Å². The van der Waals surface area contributed by atoms with Gasteiger partial charge in [0, 0.05) is 37.9 Å². The van der Waals surface area contributed by atoms with Gasteiger partial charge >= 0.3 is 0 Å². The Morgan fingerprint density at radius 1 is 1.41 bits per heavy atom. The third-order valence-corrected chi connectivity index (χ3v) is 4.79. The Balaban J connectivity index is 1.70. The molecule has 2 aliphatic heterocycles. The zero-order valence-corrected chi connectivity index (χ0v) is 12.6. The molecule has 7 nitrogen and oxygen atoms in total. The van der Waals surface area contributed by atoms with Gasteiger partial charge in [-0.05, 0) is 25.8 Å². The van der Waals surface area contributed by atoms with Gasteiger partial charge in [0.25, 0.3) is 5.91 Å². The summed E-state index contributed by atoms with van der Waals surface area (Å²) in [4.78, 5) is 23.6. The standard InChI is InChI=1S/C15H20N6O/c1-2-20-13-12(19-15(20)16)5-9(6-18-13)14(22)21-10-3-4-11(21)8-17-7-10/h5-6,10-11,17H,2-4,7-8H2,1H3,(H2,16,19)/t10-,11+. The van der Waals surface area contributed by atoms with Crippen LogP contribution in [0.25, 0.3) is 11.2 Å². The van der Waals surface area contributed by atoms with Crippen molar-refractivity contribution in [1.82, 2.24) is 24.8 Å². The number of rotatable bonds is 2. The minimum Gasteiger partial charge on any atom is -0.369 e. The molecular weight excluding hydrogens is 280 g/mol. The number of aromatic nitrogens is 3. The van der Waals surface area contributed by atoms with Crippen molar-refractivity contribution in [3.05, 3.63) is 17.8 Å². The second-order valence-corrected chi connectivity index (χ2v) is 6.04. The molecule has 2 bridgehead atoms. The first-order valence-electron chi connectivity index (χ1n) is 7.84. The minimum absolute atomic E-state index is 0.0630.